The molecule has 11 heteroatoms. The molecule has 1 fully saturated rings. The number of methoxy groups -OCH3 is 1. The van der Waals surface area contributed by atoms with E-state index in [1.165, 1.54) is 55.8 Å². The highest BCUT2D eigenvalue weighted by molar-refractivity contribution is 6.30. The monoisotopic (exact) mass is 533 g/mol. The number of alkyl halides is 2. The van der Waals surface area contributed by atoms with Crippen LogP contribution >= 0.6 is 11.6 Å². The van der Waals surface area contributed by atoms with Crippen LogP contribution in [0.15, 0.2) is 59.5 Å². The van der Waals surface area contributed by atoms with Gasteiger partial charge in [-0.1, -0.05) is 17.7 Å². The van der Waals surface area contributed by atoms with Crippen LogP contribution in [0.3, 0.4) is 0 Å². The fourth-order valence-corrected chi connectivity index (χ4v) is 4.54. The number of aromatic nitrogens is 1. The Morgan fingerprint density at radius 2 is 1.86 bits per heavy atom. The third kappa shape index (κ3) is 5.34. The number of pyridine rings is 1. The highest BCUT2D eigenvalue weighted by Crippen LogP contribution is 2.35. The third-order valence-electron chi connectivity index (χ3n) is 6.26. The molecule has 194 valence electrons. The summed E-state index contributed by atoms with van der Waals surface area (Å²) in [6.45, 7) is 0.559. The molecule has 1 N–H and O–H groups in total. The van der Waals surface area contributed by atoms with Gasteiger partial charge < -0.3 is 19.5 Å². The maximum absolute atomic E-state index is 15.1. The lowest BCUT2D eigenvalue weighted by atomic mass is 9.93. The minimum Gasteiger partial charge on any atom is -0.497 e. The second-order valence-electron chi connectivity index (χ2n) is 8.60. The number of amides is 2. The van der Waals surface area contributed by atoms with Gasteiger partial charge in [0.2, 0.25) is 5.91 Å². The van der Waals surface area contributed by atoms with Crippen molar-refractivity contribution in [1.29, 1.82) is 0 Å². The number of carbonyl (C=O) groups excluding carboxylic acids is 2. The normalized spacial score (nSPS) is 17.4. The first-order valence-electron chi connectivity index (χ1n) is 11.3. The van der Waals surface area contributed by atoms with Gasteiger partial charge in [0, 0.05) is 35.3 Å². The van der Waals surface area contributed by atoms with E-state index < -0.39 is 48.1 Å². The topological polar surface area (TPSA) is 80.6 Å². The molecule has 4 rings (SSSR count). The maximum atomic E-state index is 15.1. The Balaban J connectivity index is 1.76. The molecule has 7 nitrogen and oxygen atoms in total. The molecule has 2 aromatic carbocycles. The van der Waals surface area contributed by atoms with Gasteiger partial charge in [0.1, 0.15) is 23.3 Å². The van der Waals surface area contributed by atoms with E-state index in [1.807, 2.05) is 0 Å². The lowest BCUT2D eigenvalue weighted by molar-refractivity contribution is -0.118. The maximum Gasteiger partial charge on any atom is 0.274 e. The summed E-state index contributed by atoms with van der Waals surface area (Å²) in [5.74, 6) is -2.56. The Morgan fingerprint density at radius 1 is 1.16 bits per heavy atom. The van der Waals surface area contributed by atoms with Gasteiger partial charge in [-0.25, -0.2) is 13.2 Å². The average Bonchev–Trinajstić information content (AvgIpc) is 3.16. The van der Waals surface area contributed by atoms with Gasteiger partial charge in [-0.05, 0) is 54.4 Å². The van der Waals surface area contributed by atoms with Gasteiger partial charge >= 0.3 is 0 Å². The van der Waals surface area contributed by atoms with Crippen LogP contribution < -0.4 is 20.5 Å². The number of hydrogen-bond donors (Lipinski definition) is 1. The highest BCUT2D eigenvalue weighted by atomic mass is 35.5. The lowest BCUT2D eigenvalue weighted by Gasteiger charge is -2.20. The van der Waals surface area contributed by atoms with Crippen molar-refractivity contribution in [1.82, 2.24) is 9.88 Å². The van der Waals surface area contributed by atoms with Crippen molar-refractivity contribution in [3.8, 4) is 5.75 Å². The molecule has 1 aliphatic rings. The van der Waals surface area contributed by atoms with E-state index in [4.69, 9.17) is 16.3 Å². The number of aryl methyl sites for hydroxylation is 1. The second kappa shape index (κ2) is 10.7. The summed E-state index contributed by atoms with van der Waals surface area (Å²) in [7, 11) is 1.38. The summed E-state index contributed by atoms with van der Waals surface area (Å²) in [6, 6.07) is 10.3. The Bertz CT molecular complexity index is 1390. The molecular weight excluding hydrogens is 511 g/mol. The van der Waals surface area contributed by atoms with Crippen LogP contribution in [0.4, 0.5) is 18.9 Å². The number of hydrogen-bond acceptors (Lipinski definition) is 4. The van der Waals surface area contributed by atoms with Crippen molar-refractivity contribution in [2.24, 2.45) is 0 Å². The lowest BCUT2D eigenvalue weighted by Crippen LogP contribution is -2.44. The van der Waals surface area contributed by atoms with E-state index in [0.29, 0.717) is 10.6 Å². The molecule has 0 aliphatic carbocycles. The summed E-state index contributed by atoms with van der Waals surface area (Å²) in [5, 5.41) is 3.07. The summed E-state index contributed by atoms with van der Waals surface area (Å²) < 4.78 is 47.0. The zero-order valence-corrected chi connectivity index (χ0v) is 20.6. The molecule has 2 heterocycles. The first-order chi connectivity index (χ1) is 17.6. The van der Waals surface area contributed by atoms with Crippen LogP contribution in [0, 0.1) is 12.7 Å². The van der Waals surface area contributed by atoms with Gasteiger partial charge in [0.15, 0.2) is 0 Å². The number of ether oxygens (including phenoxy) is 1. The fourth-order valence-electron chi connectivity index (χ4n) is 4.41. The molecule has 37 heavy (non-hydrogen) atoms. The molecule has 1 aromatic heterocycles. The zero-order valence-electron chi connectivity index (χ0n) is 19.9. The fraction of sp³-hybridized carbons (Fsp3) is 0.269. The zero-order chi connectivity index (χ0) is 26.9. The number of halogens is 4. The average molecular weight is 534 g/mol. The van der Waals surface area contributed by atoms with Crippen molar-refractivity contribution in [3.05, 3.63) is 92.6 Å². The van der Waals surface area contributed by atoms with Crippen molar-refractivity contribution in [2.75, 3.05) is 18.6 Å². The number of nitrogens with zero attached hydrogens (tertiary/aromatic N) is 2. The predicted molar refractivity (Wildman–Crippen MR) is 132 cm³/mol. The van der Waals surface area contributed by atoms with Gasteiger partial charge in [0.25, 0.3) is 17.9 Å². The van der Waals surface area contributed by atoms with Crippen molar-refractivity contribution in [3.63, 3.8) is 0 Å². The molecule has 0 spiro atoms. The van der Waals surface area contributed by atoms with E-state index in [2.05, 4.69) is 5.32 Å². The van der Waals surface area contributed by atoms with E-state index in [-0.39, 0.29) is 29.1 Å². The van der Waals surface area contributed by atoms with Crippen LogP contribution in [-0.4, -0.2) is 42.5 Å². The summed E-state index contributed by atoms with van der Waals surface area (Å²) in [4.78, 5) is 40.8. The SMILES string of the molecule is COc1ccc([C@@H]2CN(c3c(C)ccn(CC(F)F)c3=O)C(=O)[C@H]2NC(=O)c2ccc(Cl)cc2)c(F)c1. The quantitative estimate of drug-likeness (QED) is 0.495. The number of nitrogens with one attached hydrogen (secondary N) is 1. The molecule has 0 bridgehead atoms. The first-order valence-corrected chi connectivity index (χ1v) is 11.7. The molecule has 1 saturated heterocycles. The van der Waals surface area contributed by atoms with E-state index in [9.17, 15) is 23.2 Å². The summed E-state index contributed by atoms with van der Waals surface area (Å²) in [5.41, 5.74) is -0.163. The number of carbonyl (C=O) groups is 2. The molecular formula is C26H23ClF3N3O4. The Hall–Kier alpha value is -3.79. The van der Waals surface area contributed by atoms with Crippen molar-refractivity contribution < 1.29 is 27.5 Å². The molecule has 0 radical (unpaired) electrons. The molecule has 0 unspecified atom stereocenters. The van der Waals surface area contributed by atoms with Gasteiger partial charge in [-0.15, -0.1) is 0 Å². The number of anilines is 1. The third-order valence-corrected chi connectivity index (χ3v) is 6.51. The van der Waals surface area contributed by atoms with E-state index >= 15 is 4.39 Å². The Kier molecular flexibility index (Phi) is 7.58. The van der Waals surface area contributed by atoms with Crippen LogP contribution in [0.1, 0.15) is 27.4 Å². The van der Waals surface area contributed by atoms with E-state index in [0.717, 1.165) is 15.5 Å². The van der Waals surface area contributed by atoms with Crippen molar-refractivity contribution in [2.45, 2.75) is 31.9 Å². The van der Waals surface area contributed by atoms with E-state index in [1.54, 1.807) is 6.92 Å². The van der Waals surface area contributed by atoms with Crippen LogP contribution in [-0.2, 0) is 11.3 Å². The van der Waals surface area contributed by atoms with Gasteiger partial charge in [-0.2, -0.15) is 0 Å². The molecule has 0 saturated carbocycles. The Labute approximate surface area is 215 Å². The van der Waals surface area contributed by atoms with Crippen LogP contribution in [0.2, 0.25) is 5.02 Å². The number of benzene rings is 2. The van der Waals surface area contributed by atoms with Crippen LogP contribution in [0.5, 0.6) is 5.75 Å². The minimum atomic E-state index is -2.78. The van der Waals surface area contributed by atoms with Crippen molar-refractivity contribution >= 4 is 29.1 Å². The van der Waals surface area contributed by atoms with Gasteiger partial charge in [-0.3, -0.25) is 14.4 Å². The molecule has 3 aromatic rings. The predicted octanol–water partition coefficient (Wildman–Crippen LogP) is 4.15. The molecule has 2 atom stereocenters. The summed E-state index contributed by atoms with van der Waals surface area (Å²) >= 11 is 5.89. The van der Waals surface area contributed by atoms with Gasteiger partial charge in [0.05, 0.1) is 13.7 Å². The van der Waals surface area contributed by atoms with Crippen LogP contribution in [0.25, 0.3) is 0 Å². The number of rotatable bonds is 7. The standard InChI is InChI=1S/C26H23ClF3N3O4/c1-14-9-10-32(13-21(29)30)26(36)23(14)33-12-19(18-8-7-17(37-2)11-20(18)28)22(25(33)35)31-24(34)15-3-5-16(27)6-4-15/h3-11,19,21-22H,12-13H2,1-2H3,(H,31,34)/t19-,22-/m0/s1. The smallest absolute Gasteiger partial charge is 0.274 e. The summed E-state index contributed by atoms with van der Waals surface area (Å²) in [6.07, 6.45) is -1.55. The Morgan fingerprint density at radius 3 is 2.49 bits per heavy atom. The minimum absolute atomic E-state index is 0.102. The molecule has 2 amide bonds. The largest absolute Gasteiger partial charge is 0.497 e. The highest BCUT2D eigenvalue weighted by Gasteiger charge is 2.45. The molecule has 1 aliphatic heterocycles. The second-order valence-corrected chi connectivity index (χ2v) is 9.03. The first kappa shape index (κ1) is 26.3.